The lowest BCUT2D eigenvalue weighted by Gasteiger charge is -2.35. The fraction of sp³-hybridized carbons (Fsp3) is 0.812. The maximum Gasteiger partial charge on any atom is 0.0847 e. The monoisotopic (exact) mass is 299 g/mol. The van der Waals surface area contributed by atoms with Crippen LogP contribution in [-0.2, 0) is 13.0 Å². The number of aryl methyl sites for hydroxylation is 2. The number of nitrogens with zero attached hydrogens (tertiary/aromatic N) is 2. The Kier molecular flexibility index (Phi) is 6.08. The second-order valence-electron chi connectivity index (χ2n) is 6.68. The van der Waals surface area contributed by atoms with Crippen molar-refractivity contribution < 1.29 is 0 Å². The third kappa shape index (κ3) is 3.98. The molecule has 1 N–H and O–H groups in total. The maximum atomic E-state index is 6.46. The van der Waals surface area contributed by atoms with Gasteiger partial charge in [-0.3, -0.25) is 4.68 Å². The van der Waals surface area contributed by atoms with Crippen LogP contribution in [0, 0.1) is 18.3 Å². The molecule has 0 amide bonds. The van der Waals surface area contributed by atoms with E-state index in [2.05, 4.69) is 52.0 Å². The molecule has 0 aliphatic carbocycles. The highest BCUT2D eigenvalue weighted by Gasteiger charge is 2.31. The van der Waals surface area contributed by atoms with E-state index in [0.717, 1.165) is 30.2 Å². The number of halogens is 1. The summed E-state index contributed by atoms with van der Waals surface area (Å²) in [6.45, 7) is 17.3. The summed E-state index contributed by atoms with van der Waals surface area (Å²) in [6, 6.07) is 0.501. The molecule has 116 valence electrons. The molecular formula is C16H30ClN3. The standard InChI is InChI=1S/C16H30ClN3/c1-8-20-14(15(17)13(6)19-20)9-16(7,11(2)3)10-18-12(4)5/h11-12,18H,8-10H2,1-7H3. The molecule has 1 aromatic rings. The first-order valence-electron chi connectivity index (χ1n) is 7.66. The molecule has 0 spiro atoms. The molecule has 1 atom stereocenters. The first-order valence-corrected chi connectivity index (χ1v) is 8.04. The normalized spacial score (nSPS) is 15.1. The van der Waals surface area contributed by atoms with E-state index in [9.17, 15) is 0 Å². The van der Waals surface area contributed by atoms with Crippen LogP contribution < -0.4 is 5.32 Å². The Morgan fingerprint density at radius 1 is 1.30 bits per heavy atom. The summed E-state index contributed by atoms with van der Waals surface area (Å²) in [6.07, 6.45) is 0.956. The van der Waals surface area contributed by atoms with Crippen LogP contribution in [0.25, 0.3) is 0 Å². The van der Waals surface area contributed by atoms with Gasteiger partial charge in [-0.05, 0) is 31.6 Å². The molecule has 1 unspecified atom stereocenters. The average molecular weight is 300 g/mol. The van der Waals surface area contributed by atoms with Crippen LogP contribution in [0.2, 0.25) is 5.02 Å². The minimum atomic E-state index is 0.174. The van der Waals surface area contributed by atoms with Gasteiger partial charge in [0.2, 0.25) is 0 Å². The maximum absolute atomic E-state index is 6.46. The van der Waals surface area contributed by atoms with Gasteiger partial charge in [0.05, 0.1) is 16.4 Å². The summed E-state index contributed by atoms with van der Waals surface area (Å²) in [4.78, 5) is 0. The fourth-order valence-electron chi connectivity index (χ4n) is 2.33. The fourth-order valence-corrected chi connectivity index (χ4v) is 2.53. The predicted octanol–water partition coefficient (Wildman–Crippen LogP) is 4.07. The zero-order valence-corrected chi connectivity index (χ0v) is 14.8. The summed E-state index contributed by atoms with van der Waals surface area (Å²) >= 11 is 6.46. The van der Waals surface area contributed by atoms with E-state index in [0.29, 0.717) is 12.0 Å². The highest BCUT2D eigenvalue weighted by Crippen LogP contribution is 2.34. The molecule has 3 nitrogen and oxygen atoms in total. The predicted molar refractivity (Wildman–Crippen MR) is 87.4 cm³/mol. The molecule has 0 aliphatic rings. The van der Waals surface area contributed by atoms with Crippen molar-refractivity contribution in [1.82, 2.24) is 15.1 Å². The molecular weight excluding hydrogens is 270 g/mol. The zero-order valence-electron chi connectivity index (χ0n) is 14.0. The SMILES string of the molecule is CCn1nc(C)c(Cl)c1CC(C)(CNC(C)C)C(C)C. The molecule has 0 bridgehead atoms. The molecule has 0 fully saturated rings. The molecule has 0 radical (unpaired) electrons. The van der Waals surface area contributed by atoms with E-state index in [1.54, 1.807) is 0 Å². The van der Waals surface area contributed by atoms with Crippen LogP contribution in [-0.4, -0.2) is 22.4 Å². The minimum Gasteiger partial charge on any atom is -0.314 e. The summed E-state index contributed by atoms with van der Waals surface area (Å²) in [5.41, 5.74) is 2.28. The Hall–Kier alpha value is -0.540. The van der Waals surface area contributed by atoms with Gasteiger partial charge < -0.3 is 5.32 Å². The van der Waals surface area contributed by atoms with Crippen LogP contribution in [0.15, 0.2) is 0 Å². The smallest absolute Gasteiger partial charge is 0.0847 e. The first-order chi connectivity index (χ1) is 9.21. The Morgan fingerprint density at radius 3 is 2.35 bits per heavy atom. The third-order valence-corrected chi connectivity index (χ3v) is 4.82. The number of hydrogen-bond acceptors (Lipinski definition) is 2. The van der Waals surface area contributed by atoms with E-state index in [1.807, 2.05) is 11.6 Å². The lowest BCUT2D eigenvalue weighted by molar-refractivity contribution is 0.197. The van der Waals surface area contributed by atoms with E-state index in [-0.39, 0.29) is 5.41 Å². The van der Waals surface area contributed by atoms with Gasteiger partial charge in [-0.15, -0.1) is 0 Å². The Bertz CT molecular complexity index is 437. The molecule has 20 heavy (non-hydrogen) atoms. The van der Waals surface area contributed by atoms with Crippen LogP contribution in [0.4, 0.5) is 0 Å². The Balaban J connectivity index is 3.01. The summed E-state index contributed by atoms with van der Waals surface area (Å²) in [5.74, 6) is 0.574. The van der Waals surface area contributed by atoms with Crippen LogP contribution in [0.3, 0.4) is 0 Å². The lowest BCUT2D eigenvalue weighted by Crippen LogP contribution is -2.41. The average Bonchev–Trinajstić information content (AvgIpc) is 2.63. The van der Waals surface area contributed by atoms with Crippen molar-refractivity contribution >= 4 is 11.6 Å². The van der Waals surface area contributed by atoms with Crippen LogP contribution in [0.1, 0.15) is 52.9 Å². The van der Waals surface area contributed by atoms with Gasteiger partial charge in [-0.2, -0.15) is 5.10 Å². The van der Waals surface area contributed by atoms with E-state index in [1.165, 1.54) is 5.69 Å². The third-order valence-electron chi connectivity index (χ3n) is 4.33. The van der Waals surface area contributed by atoms with Gasteiger partial charge in [0.25, 0.3) is 0 Å². The van der Waals surface area contributed by atoms with Gasteiger partial charge in [0.1, 0.15) is 0 Å². The molecule has 0 aliphatic heterocycles. The van der Waals surface area contributed by atoms with Gasteiger partial charge in [0, 0.05) is 19.1 Å². The first kappa shape index (κ1) is 17.5. The van der Waals surface area contributed by atoms with E-state index < -0.39 is 0 Å². The molecule has 1 rings (SSSR count). The Labute approximate surface area is 129 Å². The number of rotatable bonds is 7. The zero-order chi connectivity index (χ0) is 15.5. The number of aromatic nitrogens is 2. The van der Waals surface area contributed by atoms with Gasteiger partial charge in [0.15, 0.2) is 0 Å². The largest absolute Gasteiger partial charge is 0.314 e. The molecule has 1 aromatic heterocycles. The molecule has 0 saturated heterocycles. The topological polar surface area (TPSA) is 29.9 Å². The second-order valence-corrected chi connectivity index (χ2v) is 7.06. The van der Waals surface area contributed by atoms with Crippen molar-refractivity contribution in [3.8, 4) is 0 Å². The quantitative estimate of drug-likeness (QED) is 0.822. The van der Waals surface area contributed by atoms with E-state index >= 15 is 0 Å². The summed E-state index contributed by atoms with van der Waals surface area (Å²) in [7, 11) is 0. The van der Waals surface area contributed by atoms with Crippen molar-refractivity contribution in [2.45, 2.75) is 67.5 Å². The van der Waals surface area contributed by atoms with Crippen molar-refractivity contribution in [1.29, 1.82) is 0 Å². The van der Waals surface area contributed by atoms with E-state index in [4.69, 9.17) is 11.6 Å². The molecule has 1 heterocycles. The molecule has 4 heteroatoms. The van der Waals surface area contributed by atoms with Crippen molar-refractivity contribution in [3.63, 3.8) is 0 Å². The van der Waals surface area contributed by atoms with Gasteiger partial charge in [-0.25, -0.2) is 0 Å². The van der Waals surface area contributed by atoms with Crippen LogP contribution >= 0.6 is 11.6 Å². The van der Waals surface area contributed by atoms with Gasteiger partial charge >= 0.3 is 0 Å². The highest BCUT2D eigenvalue weighted by atomic mass is 35.5. The van der Waals surface area contributed by atoms with Crippen molar-refractivity contribution in [2.75, 3.05) is 6.54 Å². The molecule has 0 aromatic carbocycles. The highest BCUT2D eigenvalue weighted by molar-refractivity contribution is 6.31. The number of nitrogens with one attached hydrogen (secondary N) is 1. The minimum absolute atomic E-state index is 0.174. The number of hydrogen-bond donors (Lipinski definition) is 1. The Morgan fingerprint density at radius 2 is 1.90 bits per heavy atom. The summed E-state index contributed by atoms with van der Waals surface area (Å²) in [5, 5.41) is 8.95. The van der Waals surface area contributed by atoms with Crippen LogP contribution in [0.5, 0.6) is 0 Å². The molecule has 0 saturated carbocycles. The summed E-state index contributed by atoms with van der Waals surface area (Å²) < 4.78 is 2.05. The van der Waals surface area contributed by atoms with Crippen molar-refractivity contribution in [2.24, 2.45) is 11.3 Å². The van der Waals surface area contributed by atoms with Crippen molar-refractivity contribution in [3.05, 3.63) is 16.4 Å². The lowest BCUT2D eigenvalue weighted by atomic mass is 9.75. The second kappa shape index (κ2) is 6.95. The van der Waals surface area contributed by atoms with Gasteiger partial charge in [-0.1, -0.05) is 46.2 Å².